The number of nitrogens with zero attached hydrogens (tertiary/aromatic N) is 2. The Bertz CT molecular complexity index is 929. The van der Waals surface area contributed by atoms with Crippen LogP contribution in [0.4, 0.5) is 10.5 Å². The minimum atomic E-state index is -0.237. The lowest BCUT2D eigenvalue weighted by molar-refractivity contribution is -0.116. The second-order valence-corrected chi connectivity index (χ2v) is 8.98. The average Bonchev–Trinajstić information content (AvgIpc) is 3.37. The molecule has 1 fully saturated rings. The molecule has 3 N–H and O–H groups in total. The zero-order chi connectivity index (χ0) is 22.5. The van der Waals surface area contributed by atoms with Gasteiger partial charge in [-0.25, -0.2) is 4.79 Å². The van der Waals surface area contributed by atoms with Crippen LogP contribution in [0.1, 0.15) is 77.8 Å². The normalized spacial score (nSPS) is 15.3. The summed E-state index contributed by atoms with van der Waals surface area (Å²) in [7, 11) is 0. The summed E-state index contributed by atoms with van der Waals surface area (Å²) in [5.74, 6) is 0.483. The zero-order valence-electron chi connectivity index (χ0n) is 18.9. The van der Waals surface area contributed by atoms with Crippen molar-refractivity contribution < 1.29 is 14.7 Å². The molecule has 31 heavy (non-hydrogen) atoms. The molecule has 168 valence electrons. The molecule has 2 aromatic rings. The van der Waals surface area contributed by atoms with Crippen molar-refractivity contribution in [1.82, 2.24) is 15.1 Å². The van der Waals surface area contributed by atoms with E-state index in [0.717, 1.165) is 37.8 Å². The van der Waals surface area contributed by atoms with Crippen LogP contribution in [0, 0.1) is 5.92 Å². The molecule has 7 heteroatoms. The van der Waals surface area contributed by atoms with Gasteiger partial charge in [-0.3, -0.25) is 4.79 Å². The highest BCUT2D eigenvalue weighted by molar-refractivity contribution is 5.91. The van der Waals surface area contributed by atoms with Crippen LogP contribution >= 0.6 is 0 Å². The first-order chi connectivity index (χ1) is 14.8. The van der Waals surface area contributed by atoms with Crippen molar-refractivity contribution in [1.29, 1.82) is 0 Å². The molecule has 0 radical (unpaired) electrons. The quantitative estimate of drug-likeness (QED) is 0.563. The van der Waals surface area contributed by atoms with Crippen molar-refractivity contribution in [3.05, 3.63) is 30.0 Å². The molecule has 0 spiro atoms. The zero-order valence-corrected chi connectivity index (χ0v) is 18.9. The Morgan fingerprint density at radius 1 is 1.19 bits per heavy atom. The Hall–Kier alpha value is -2.83. The summed E-state index contributed by atoms with van der Waals surface area (Å²) < 4.78 is 1.47. The number of amides is 2. The molecule has 1 atom stereocenters. The summed E-state index contributed by atoms with van der Waals surface area (Å²) in [6, 6.07) is 6.75. The Kier molecular flexibility index (Phi) is 7.36. The minimum absolute atomic E-state index is 0.0207. The fraction of sp³-hybridized carbons (Fsp3) is 0.542. The topological polar surface area (TPSA) is 96.3 Å². The molecule has 1 aliphatic carbocycles. The number of nitrogens with one attached hydrogen (secondary N) is 2. The first kappa shape index (κ1) is 22.8. The Balaban J connectivity index is 1.88. The van der Waals surface area contributed by atoms with Crippen LogP contribution in [0.15, 0.2) is 24.3 Å². The summed E-state index contributed by atoms with van der Waals surface area (Å²) >= 11 is 0. The highest BCUT2D eigenvalue weighted by Gasteiger charge is 2.26. The molecule has 0 aliphatic heterocycles. The van der Waals surface area contributed by atoms with Crippen molar-refractivity contribution in [2.45, 2.75) is 78.2 Å². The van der Waals surface area contributed by atoms with Crippen LogP contribution in [-0.2, 0) is 4.79 Å². The predicted molar refractivity (Wildman–Crippen MR) is 122 cm³/mol. The van der Waals surface area contributed by atoms with Crippen LogP contribution in [0.3, 0.4) is 0 Å². The molecule has 0 saturated heterocycles. The van der Waals surface area contributed by atoms with E-state index >= 15 is 0 Å². The predicted octanol–water partition coefficient (Wildman–Crippen LogP) is 5.25. The van der Waals surface area contributed by atoms with Gasteiger partial charge >= 0.3 is 6.03 Å². The molecule has 1 unspecified atom stereocenters. The number of rotatable bonds is 7. The number of phenolic OH excluding ortho intramolecular Hbond substituents is 1. The lowest BCUT2D eigenvalue weighted by Gasteiger charge is -2.15. The van der Waals surface area contributed by atoms with Crippen LogP contribution in [0.2, 0.25) is 0 Å². The molecule has 1 saturated carbocycles. The Morgan fingerprint density at radius 3 is 2.52 bits per heavy atom. The van der Waals surface area contributed by atoms with E-state index in [1.165, 1.54) is 10.7 Å². The maximum Gasteiger partial charge on any atom is 0.342 e. The van der Waals surface area contributed by atoms with Crippen LogP contribution < -0.4 is 10.6 Å². The summed E-state index contributed by atoms with van der Waals surface area (Å²) in [6.45, 7) is 7.96. The first-order valence-electron chi connectivity index (χ1n) is 11.3. The van der Waals surface area contributed by atoms with Gasteiger partial charge in [0, 0.05) is 35.7 Å². The van der Waals surface area contributed by atoms with Gasteiger partial charge in [-0.05, 0) is 50.3 Å². The van der Waals surface area contributed by atoms with E-state index in [9.17, 15) is 14.7 Å². The Labute approximate surface area is 184 Å². The largest absolute Gasteiger partial charge is 0.507 e. The van der Waals surface area contributed by atoms with Gasteiger partial charge in [-0.15, -0.1) is 0 Å². The highest BCUT2D eigenvalue weighted by atomic mass is 16.3. The molecule has 7 nitrogen and oxygen atoms in total. The Morgan fingerprint density at radius 2 is 1.90 bits per heavy atom. The molecule has 1 aliphatic rings. The lowest BCUT2D eigenvalue weighted by atomic mass is 10.0. The van der Waals surface area contributed by atoms with Gasteiger partial charge in [-0.1, -0.05) is 33.6 Å². The van der Waals surface area contributed by atoms with E-state index in [4.69, 9.17) is 0 Å². The number of carbonyl (C=O) groups is 2. The van der Waals surface area contributed by atoms with E-state index in [0.29, 0.717) is 29.3 Å². The van der Waals surface area contributed by atoms with Gasteiger partial charge in [-0.2, -0.15) is 9.78 Å². The lowest BCUT2D eigenvalue weighted by Crippen LogP contribution is -2.37. The van der Waals surface area contributed by atoms with Gasteiger partial charge < -0.3 is 15.7 Å². The van der Waals surface area contributed by atoms with E-state index in [-0.39, 0.29) is 29.6 Å². The molecular weight excluding hydrogens is 392 g/mol. The van der Waals surface area contributed by atoms with Gasteiger partial charge in [0.15, 0.2) is 0 Å². The fourth-order valence-corrected chi connectivity index (χ4v) is 3.99. The summed E-state index contributed by atoms with van der Waals surface area (Å²) in [5.41, 5.74) is 2.52. The second-order valence-electron chi connectivity index (χ2n) is 8.98. The monoisotopic (exact) mass is 426 g/mol. The number of hydrogen-bond acceptors (Lipinski definition) is 4. The standard InChI is InChI=1S/C24H34N4O3/c1-5-16(4)25-24(31)28-21(17-8-6-7-9-17)14-20(27-28)19-11-10-18(13-22(19)29)26-23(30)12-15(2)3/h10-11,13-17,29H,5-9,12H2,1-4H3,(H,25,31)(H,26,30). The molecule has 0 bridgehead atoms. The number of benzene rings is 1. The number of hydrogen-bond donors (Lipinski definition) is 3. The average molecular weight is 427 g/mol. The van der Waals surface area contributed by atoms with Crippen LogP contribution in [-0.4, -0.2) is 32.9 Å². The maximum atomic E-state index is 12.9. The van der Waals surface area contributed by atoms with Crippen molar-refractivity contribution in [2.24, 2.45) is 5.92 Å². The molecule has 1 heterocycles. The van der Waals surface area contributed by atoms with Gasteiger partial charge in [0.2, 0.25) is 5.91 Å². The molecular formula is C24H34N4O3. The fourth-order valence-electron chi connectivity index (χ4n) is 3.99. The van der Waals surface area contributed by atoms with Crippen molar-refractivity contribution in [3.8, 4) is 17.0 Å². The van der Waals surface area contributed by atoms with Gasteiger partial charge in [0.05, 0.1) is 11.4 Å². The molecule has 3 rings (SSSR count). The van der Waals surface area contributed by atoms with Gasteiger partial charge in [0.25, 0.3) is 0 Å². The van der Waals surface area contributed by atoms with Gasteiger partial charge in [0.1, 0.15) is 5.75 Å². The maximum absolute atomic E-state index is 12.9. The third-order valence-electron chi connectivity index (χ3n) is 5.84. The van der Waals surface area contributed by atoms with Crippen LogP contribution in [0.25, 0.3) is 11.3 Å². The molecule has 1 aromatic heterocycles. The van der Waals surface area contributed by atoms with Crippen molar-refractivity contribution >= 4 is 17.6 Å². The third-order valence-corrected chi connectivity index (χ3v) is 5.84. The van der Waals surface area contributed by atoms with E-state index < -0.39 is 0 Å². The number of anilines is 1. The minimum Gasteiger partial charge on any atom is -0.507 e. The number of aromatic hydroxyl groups is 1. The summed E-state index contributed by atoms with van der Waals surface area (Å²) in [5, 5.41) is 21.0. The number of carbonyl (C=O) groups excluding carboxylic acids is 2. The highest BCUT2D eigenvalue weighted by Crippen LogP contribution is 2.38. The van der Waals surface area contributed by atoms with Crippen molar-refractivity contribution in [2.75, 3.05) is 5.32 Å². The van der Waals surface area contributed by atoms with Crippen molar-refractivity contribution in [3.63, 3.8) is 0 Å². The molecule has 2 amide bonds. The second kappa shape index (κ2) is 9.98. The van der Waals surface area contributed by atoms with E-state index in [1.54, 1.807) is 12.1 Å². The summed E-state index contributed by atoms with van der Waals surface area (Å²) in [4.78, 5) is 24.9. The van der Waals surface area contributed by atoms with Crippen LogP contribution in [0.5, 0.6) is 5.75 Å². The smallest absolute Gasteiger partial charge is 0.342 e. The summed E-state index contributed by atoms with van der Waals surface area (Å²) in [6.07, 6.45) is 5.62. The third kappa shape index (κ3) is 5.66. The van der Waals surface area contributed by atoms with E-state index in [1.807, 2.05) is 33.8 Å². The van der Waals surface area contributed by atoms with E-state index in [2.05, 4.69) is 15.7 Å². The number of phenols is 1. The molecule has 1 aromatic carbocycles. The number of aromatic nitrogens is 2. The first-order valence-corrected chi connectivity index (χ1v) is 11.3. The SMILES string of the molecule is CCC(C)NC(=O)n1nc(-c2ccc(NC(=O)CC(C)C)cc2O)cc1C1CCCC1.